The summed E-state index contributed by atoms with van der Waals surface area (Å²) in [5, 5.41) is 47.8. The van der Waals surface area contributed by atoms with Gasteiger partial charge in [-0.1, -0.05) is 0 Å². The molecular formula is C14H22O6. The fourth-order valence-electron chi connectivity index (χ4n) is 1.92. The molecule has 0 amide bonds. The predicted octanol–water partition coefficient (Wildman–Crippen LogP) is -0.129. The third kappa shape index (κ3) is 4.35. The van der Waals surface area contributed by atoms with Crippen molar-refractivity contribution in [2.24, 2.45) is 5.92 Å². The number of aromatic hydroxyl groups is 1. The van der Waals surface area contributed by atoms with Crippen LogP contribution < -0.4 is 4.74 Å². The van der Waals surface area contributed by atoms with E-state index in [1.807, 2.05) is 0 Å². The molecule has 4 unspecified atom stereocenters. The van der Waals surface area contributed by atoms with Crippen LogP contribution in [0.2, 0.25) is 0 Å². The highest BCUT2D eigenvalue weighted by atomic mass is 16.5. The van der Waals surface area contributed by atoms with Gasteiger partial charge in [0.25, 0.3) is 0 Å². The summed E-state index contributed by atoms with van der Waals surface area (Å²) in [5.41, 5.74) is 0. The highest BCUT2D eigenvalue weighted by molar-refractivity contribution is 5.30. The first-order chi connectivity index (χ1) is 9.36. The van der Waals surface area contributed by atoms with Crippen LogP contribution in [0.25, 0.3) is 0 Å². The topological polar surface area (TPSA) is 110 Å². The molecule has 0 fully saturated rings. The van der Waals surface area contributed by atoms with E-state index >= 15 is 0 Å². The van der Waals surface area contributed by atoms with E-state index in [0.717, 1.165) is 0 Å². The summed E-state index contributed by atoms with van der Waals surface area (Å²) in [6, 6.07) is 5.82. The molecule has 0 aliphatic carbocycles. The molecule has 0 aromatic heterocycles. The molecule has 5 atom stereocenters. The largest absolute Gasteiger partial charge is 0.508 e. The highest BCUT2D eigenvalue weighted by Gasteiger charge is 2.34. The van der Waals surface area contributed by atoms with Crippen LogP contribution in [-0.4, -0.2) is 56.6 Å². The molecule has 6 heteroatoms. The van der Waals surface area contributed by atoms with Crippen molar-refractivity contribution in [2.45, 2.75) is 38.3 Å². The molecule has 1 rings (SSSR count). The van der Waals surface area contributed by atoms with E-state index in [1.165, 1.54) is 38.1 Å². The molecule has 0 aliphatic rings. The zero-order chi connectivity index (χ0) is 15.3. The van der Waals surface area contributed by atoms with E-state index in [4.69, 9.17) is 4.74 Å². The predicted molar refractivity (Wildman–Crippen MR) is 72.5 cm³/mol. The van der Waals surface area contributed by atoms with Crippen molar-refractivity contribution in [3.63, 3.8) is 0 Å². The zero-order valence-corrected chi connectivity index (χ0v) is 11.5. The number of hydrogen-bond acceptors (Lipinski definition) is 6. The monoisotopic (exact) mass is 286 g/mol. The molecule has 1 aromatic rings. The standard InChI is InChI=1S/C14H22O6/c1-8(16)12(7-15)13(19)14(9(2)17)20-11-5-3-10(18)4-6-11/h3-6,8-9,12-19H,7H2,1-2H3/t8?,9?,12?,13?,14-/m1/s1. The summed E-state index contributed by atoms with van der Waals surface area (Å²) in [6.07, 6.45) is -4.20. The van der Waals surface area contributed by atoms with Crippen LogP contribution in [0.1, 0.15) is 13.8 Å². The van der Waals surface area contributed by atoms with Gasteiger partial charge in [0, 0.05) is 5.92 Å². The molecule has 20 heavy (non-hydrogen) atoms. The molecule has 114 valence electrons. The Morgan fingerprint density at radius 1 is 1.00 bits per heavy atom. The first-order valence-corrected chi connectivity index (χ1v) is 6.47. The minimum Gasteiger partial charge on any atom is -0.508 e. The molecule has 5 N–H and O–H groups in total. The Hall–Kier alpha value is -1.34. The van der Waals surface area contributed by atoms with Gasteiger partial charge < -0.3 is 30.3 Å². The van der Waals surface area contributed by atoms with Gasteiger partial charge in [-0.15, -0.1) is 0 Å². The van der Waals surface area contributed by atoms with Gasteiger partial charge in [0.1, 0.15) is 17.6 Å². The summed E-state index contributed by atoms with van der Waals surface area (Å²) in [5.74, 6) is -0.398. The van der Waals surface area contributed by atoms with Gasteiger partial charge in [0.05, 0.1) is 18.8 Å². The summed E-state index contributed by atoms with van der Waals surface area (Å²) in [4.78, 5) is 0. The summed E-state index contributed by atoms with van der Waals surface area (Å²) < 4.78 is 5.49. The van der Waals surface area contributed by atoms with Gasteiger partial charge in [-0.3, -0.25) is 0 Å². The van der Waals surface area contributed by atoms with Gasteiger partial charge in [-0.2, -0.15) is 0 Å². The van der Waals surface area contributed by atoms with Crippen LogP contribution in [0.3, 0.4) is 0 Å². The van der Waals surface area contributed by atoms with Crippen molar-refractivity contribution in [3.8, 4) is 11.5 Å². The van der Waals surface area contributed by atoms with Gasteiger partial charge in [-0.25, -0.2) is 0 Å². The van der Waals surface area contributed by atoms with E-state index in [-0.39, 0.29) is 5.75 Å². The number of aliphatic hydroxyl groups excluding tert-OH is 4. The summed E-state index contributed by atoms with van der Waals surface area (Å²) in [6.45, 7) is 2.47. The zero-order valence-electron chi connectivity index (χ0n) is 11.5. The van der Waals surface area contributed by atoms with Crippen molar-refractivity contribution < 1.29 is 30.3 Å². The fourth-order valence-corrected chi connectivity index (χ4v) is 1.92. The lowest BCUT2D eigenvalue weighted by Gasteiger charge is -2.32. The molecule has 0 saturated carbocycles. The van der Waals surface area contributed by atoms with Crippen molar-refractivity contribution in [1.82, 2.24) is 0 Å². The van der Waals surface area contributed by atoms with Crippen LogP contribution in [0.15, 0.2) is 24.3 Å². The molecule has 1 aromatic carbocycles. The van der Waals surface area contributed by atoms with Gasteiger partial charge in [-0.05, 0) is 38.1 Å². The van der Waals surface area contributed by atoms with Crippen LogP contribution in [-0.2, 0) is 0 Å². The third-order valence-electron chi connectivity index (χ3n) is 3.19. The molecule has 0 heterocycles. The summed E-state index contributed by atoms with van der Waals surface area (Å²) >= 11 is 0. The maximum Gasteiger partial charge on any atom is 0.150 e. The normalized spacial score (nSPS) is 18.9. The van der Waals surface area contributed by atoms with E-state index in [9.17, 15) is 25.5 Å². The van der Waals surface area contributed by atoms with Crippen LogP contribution in [0, 0.1) is 5.92 Å². The van der Waals surface area contributed by atoms with E-state index in [1.54, 1.807) is 0 Å². The minimum atomic E-state index is -1.24. The molecule has 0 aliphatic heterocycles. The average molecular weight is 286 g/mol. The van der Waals surface area contributed by atoms with Crippen molar-refractivity contribution in [1.29, 1.82) is 0 Å². The number of phenols is 1. The molecular weight excluding hydrogens is 264 g/mol. The van der Waals surface area contributed by atoms with Crippen molar-refractivity contribution >= 4 is 0 Å². The number of aliphatic hydroxyl groups is 4. The maximum atomic E-state index is 10.2. The second-order valence-electron chi connectivity index (χ2n) is 4.89. The van der Waals surface area contributed by atoms with E-state index in [2.05, 4.69) is 0 Å². The molecule has 6 nitrogen and oxygen atoms in total. The summed E-state index contributed by atoms with van der Waals surface area (Å²) in [7, 11) is 0. The van der Waals surface area contributed by atoms with Gasteiger partial charge in [0.15, 0.2) is 6.10 Å². The quantitative estimate of drug-likeness (QED) is 0.477. The van der Waals surface area contributed by atoms with Crippen LogP contribution >= 0.6 is 0 Å². The number of rotatable bonds is 7. The smallest absolute Gasteiger partial charge is 0.150 e. The Kier molecular flexibility index (Phi) is 6.22. The van der Waals surface area contributed by atoms with Gasteiger partial charge >= 0.3 is 0 Å². The first kappa shape index (κ1) is 16.7. The molecule has 0 spiro atoms. The van der Waals surface area contributed by atoms with E-state index < -0.39 is 36.9 Å². The van der Waals surface area contributed by atoms with E-state index in [0.29, 0.717) is 5.75 Å². The lowest BCUT2D eigenvalue weighted by atomic mass is 9.91. The second kappa shape index (κ2) is 7.44. The fraction of sp³-hybridized carbons (Fsp3) is 0.571. The van der Waals surface area contributed by atoms with Crippen molar-refractivity contribution in [2.75, 3.05) is 6.61 Å². The number of phenolic OH excluding ortho intramolecular Hbond substituents is 1. The van der Waals surface area contributed by atoms with Crippen molar-refractivity contribution in [3.05, 3.63) is 24.3 Å². The second-order valence-corrected chi connectivity index (χ2v) is 4.89. The number of benzene rings is 1. The Morgan fingerprint density at radius 3 is 1.95 bits per heavy atom. The Labute approximate surface area is 117 Å². The lowest BCUT2D eigenvalue weighted by molar-refractivity contribution is -0.0946. The lowest BCUT2D eigenvalue weighted by Crippen LogP contribution is -2.48. The van der Waals surface area contributed by atoms with Crippen LogP contribution in [0.5, 0.6) is 11.5 Å². The first-order valence-electron chi connectivity index (χ1n) is 6.47. The maximum absolute atomic E-state index is 10.2. The highest BCUT2D eigenvalue weighted by Crippen LogP contribution is 2.22. The van der Waals surface area contributed by atoms with Crippen LogP contribution in [0.4, 0.5) is 0 Å². The Bertz CT molecular complexity index is 389. The molecule has 0 saturated heterocycles. The minimum absolute atomic E-state index is 0.0729. The number of ether oxygens (including phenoxy) is 1. The Morgan fingerprint density at radius 2 is 1.55 bits per heavy atom. The number of hydrogen-bond donors (Lipinski definition) is 5. The van der Waals surface area contributed by atoms with Gasteiger partial charge in [0.2, 0.25) is 0 Å². The molecule has 0 bridgehead atoms. The SMILES string of the molecule is CC(O)C(CO)C(O)[C@H](Oc1ccc(O)cc1)C(C)O. The molecule has 0 radical (unpaired) electrons. The third-order valence-corrected chi connectivity index (χ3v) is 3.19. The Balaban J connectivity index is 2.85. The average Bonchev–Trinajstić information content (AvgIpc) is 2.37.